The van der Waals surface area contributed by atoms with Crippen molar-refractivity contribution in [1.29, 1.82) is 0 Å². The van der Waals surface area contributed by atoms with E-state index in [0.717, 1.165) is 18.2 Å². The summed E-state index contributed by atoms with van der Waals surface area (Å²) in [5.41, 5.74) is 2.72. The van der Waals surface area contributed by atoms with Crippen LogP contribution in [0.1, 0.15) is 21.5 Å². The predicted octanol–water partition coefficient (Wildman–Crippen LogP) is 2.50. The lowest BCUT2D eigenvalue weighted by molar-refractivity contribution is 0.102. The molecule has 0 bridgehead atoms. The minimum atomic E-state index is -3.28. The largest absolute Gasteiger partial charge is 0.293 e. The van der Waals surface area contributed by atoms with Gasteiger partial charge in [-0.2, -0.15) is 0 Å². The van der Waals surface area contributed by atoms with Crippen molar-refractivity contribution in [3.8, 4) is 0 Å². The van der Waals surface area contributed by atoms with Crippen molar-refractivity contribution in [2.24, 2.45) is 0 Å². The van der Waals surface area contributed by atoms with E-state index in [0.29, 0.717) is 5.56 Å². The predicted molar refractivity (Wildman–Crippen MR) is 79.7 cm³/mol. The molecule has 2 aromatic carbocycles. The van der Waals surface area contributed by atoms with E-state index in [4.69, 9.17) is 0 Å². The Hall–Kier alpha value is -1.94. The number of carbonyl (C=O) groups is 1. The second-order valence-electron chi connectivity index (χ2n) is 4.85. The lowest BCUT2D eigenvalue weighted by atomic mass is 10.0. The average molecular weight is 288 g/mol. The van der Waals surface area contributed by atoms with Crippen molar-refractivity contribution in [3.63, 3.8) is 0 Å². The Kier molecular flexibility index (Phi) is 4.35. The van der Waals surface area contributed by atoms with E-state index < -0.39 is 15.6 Å². The summed E-state index contributed by atoms with van der Waals surface area (Å²) in [5.74, 6) is -0.802. The maximum atomic E-state index is 11.8. The van der Waals surface area contributed by atoms with Gasteiger partial charge in [-0.05, 0) is 17.5 Å². The molecule has 2 rings (SSSR count). The molecule has 0 atom stereocenters. The quantitative estimate of drug-likeness (QED) is 0.794. The fourth-order valence-electron chi connectivity index (χ4n) is 1.96. The summed E-state index contributed by atoms with van der Waals surface area (Å²) >= 11 is 0. The summed E-state index contributed by atoms with van der Waals surface area (Å²) in [6, 6.07) is 17.1. The summed E-state index contributed by atoms with van der Waals surface area (Å²) < 4.78 is 22.2. The van der Waals surface area contributed by atoms with Gasteiger partial charge in [0.25, 0.3) is 0 Å². The highest BCUT2D eigenvalue weighted by Gasteiger charge is 2.12. The number of hydrogen-bond donors (Lipinski definition) is 0. The topological polar surface area (TPSA) is 51.2 Å². The number of sulfone groups is 1. The number of benzene rings is 2. The van der Waals surface area contributed by atoms with Crippen LogP contribution < -0.4 is 0 Å². The van der Waals surface area contributed by atoms with E-state index in [1.807, 2.05) is 42.5 Å². The van der Waals surface area contributed by atoms with Crippen molar-refractivity contribution < 1.29 is 13.2 Å². The van der Waals surface area contributed by atoms with E-state index in [-0.39, 0.29) is 5.78 Å². The third kappa shape index (κ3) is 4.31. The first kappa shape index (κ1) is 14.5. The zero-order chi connectivity index (χ0) is 14.6. The van der Waals surface area contributed by atoms with Crippen LogP contribution in [0.3, 0.4) is 0 Å². The van der Waals surface area contributed by atoms with Crippen LogP contribution in [0.25, 0.3) is 0 Å². The van der Waals surface area contributed by atoms with Gasteiger partial charge in [-0.25, -0.2) is 8.42 Å². The molecule has 4 heteroatoms. The molecular weight excluding hydrogens is 272 g/mol. The number of hydrogen-bond acceptors (Lipinski definition) is 3. The minimum absolute atomic E-state index is 0.362. The Balaban J connectivity index is 2.09. The summed E-state index contributed by atoms with van der Waals surface area (Å²) in [5, 5.41) is 0. The lowest BCUT2D eigenvalue weighted by Crippen LogP contribution is -2.14. The van der Waals surface area contributed by atoms with Crippen LogP contribution in [0.2, 0.25) is 0 Å². The van der Waals surface area contributed by atoms with Crippen LogP contribution in [-0.2, 0) is 16.3 Å². The van der Waals surface area contributed by atoms with Crippen molar-refractivity contribution in [2.75, 3.05) is 12.0 Å². The summed E-state index contributed by atoms with van der Waals surface area (Å²) in [7, 11) is -3.28. The Morgan fingerprint density at radius 3 is 2.00 bits per heavy atom. The highest BCUT2D eigenvalue weighted by atomic mass is 32.2. The van der Waals surface area contributed by atoms with Gasteiger partial charge in [-0.15, -0.1) is 0 Å². The van der Waals surface area contributed by atoms with Crippen LogP contribution in [0.15, 0.2) is 54.6 Å². The van der Waals surface area contributed by atoms with E-state index in [1.54, 1.807) is 12.1 Å². The highest BCUT2D eigenvalue weighted by molar-refractivity contribution is 7.91. The van der Waals surface area contributed by atoms with Crippen molar-refractivity contribution >= 4 is 15.6 Å². The molecular formula is C16H16O3S. The smallest absolute Gasteiger partial charge is 0.177 e. The highest BCUT2D eigenvalue weighted by Crippen LogP contribution is 2.11. The van der Waals surface area contributed by atoms with Crippen molar-refractivity contribution in [1.82, 2.24) is 0 Å². The molecule has 0 saturated heterocycles. The molecule has 0 heterocycles. The molecule has 20 heavy (non-hydrogen) atoms. The molecule has 0 aliphatic rings. The maximum Gasteiger partial charge on any atom is 0.177 e. The van der Waals surface area contributed by atoms with Gasteiger partial charge in [-0.3, -0.25) is 4.79 Å². The Labute approximate surface area is 119 Å². The number of ketones is 1. The molecule has 0 fully saturated rings. The normalized spacial score (nSPS) is 11.2. The van der Waals surface area contributed by atoms with Gasteiger partial charge in [0, 0.05) is 11.8 Å². The molecule has 0 aliphatic heterocycles. The second-order valence-corrected chi connectivity index (χ2v) is 6.99. The first-order valence-corrected chi connectivity index (χ1v) is 8.34. The van der Waals surface area contributed by atoms with Gasteiger partial charge in [-0.1, -0.05) is 54.6 Å². The fraction of sp³-hybridized carbons (Fsp3) is 0.188. The summed E-state index contributed by atoms with van der Waals surface area (Å²) in [4.78, 5) is 11.8. The monoisotopic (exact) mass is 288 g/mol. The summed E-state index contributed by atoms with van der Waals surface area (Å²) in [6.45, 7) is 0. The average Bonchev–Trinajstić information content (AvgIpc) is 2.39. The molecule has 0 spiro atoms. The third-order valence-corrected chi connectivity index (χ3v) is 3.71. The van der Waals surface area contributed by atoms with E-state index in [1.165, 1.54) is 5.56 Å². The SMILES string of the molecule is CS(=O)(=O)CC(=O)c1ccc(Cc2ccccc2)cc1. The lowest BCUT2D eigenvalue weighted by Gasteiger charge is -2.04. The van der Waals surface area contributed by atoms with Gasteiger partial charge in [0.1, 0.15) is 5.75 Å². The molecule has 0 amide bonds. The Morgan fingerprint density at radius 2 is 1.45 bits per heavy atom. The van der Waals surface area contributed by atoms with E-state index in [9.17, 15) is 13.2 Å². The zero-order valence-electron chi connectivity index (χ0n) is 11.2. The maximum absolute atomic E-state index is 11.8. The second kappa shape index (κ2) is 6.01. The molecule has 0 saturated carbocycles. The molecule has 0 N–H and O–H groups in total. The molecule has 2 aromatic rings. The molecule has 0 aliphatic carbocycles. The first-order chi connectivity index (χ1) is 9.44. The van der Waals surface area contributed by atoms with Crippen LogP contribution in [-0.4, -0.2) is 26.2 Å². The van der Waals surface area contributed by atoms with E-state index in [2.05, 4.69) is 0 Å². The van der Waals surface area contributed by atoms with Crippen molar-refractivity contribution in [2.45, 2.75) is 6.42 Å². The number of rotatable bonds is 5. The molecule has 104 valence electrons. The Morgan fingerprint density at radius 1 is 0.900 bits per heavy atom. The van der Waals surface area contributed by atoms with Gasteiger partial charge in [0.2, 0.25) is 0 Å². The van der Waals surface area contributed by atoms with Crippen LogP contribution in [0.4, 0.5) is 0 Å². The van der Waals surface area contributed by atoms with Crippen LogP contribution >= 0.6 is 0 Å². The van der Waals surface area contributed by atoms with Crippen LogP contribution in [0.5, 0.6) is 0 Å². The van der Waals surface area contributed by atoms with Gasteiger partial charge in [0.05, 0.1) is 0 Å². The molecule has 0 radical (unpaired) electrons. The summed E-state index contributed by atoms with van der Waals surface area (Å²) in [6.07, 6.45) is 1.86. The molecule has 3 nitrogen and oxygen atoms in total. The standard InChI is InChI=1S/C16H16O3S/c1-20(18,19)12-16(17)15-9-7-14(8-10-15)11-13-5-3-2-4-6-13/h2-10H,11-12H2,1H3. The minimum Gasteiger partial charge on any atom is -0.293 e. The molecule has 0 aromatic heterocycles. The van der Waals surface area contributed by atoms with Gasteiger partial charge in [0.15, 0.2) is 15.6 Å². The zero-order valence-corrected chi connectivity index (χ0v) is 12.1. The Bertz CT molecular complexity index is 686. The van der Waals surface area contributed by atoms with Crippen molar-refractivity contribution in [3.05, 3.63) is 71.3 Å². The van der Waals surface area contributed by atoms with Gasteiger partial charge >= 0.3 is 0 Å². The van der Waals surface area contributed by atoms with Crippen LogP contribution in [0, 0.1) is 0 Å². The molecule has 0 unspecified atom stereocenters. The third-order valence-electron chi connectivity index (χ3n) is 2.92. The van der Waals surface area contributed by atoms with Gasteiger partial charge < -0.3 is 0 Å². The first-order valence-electron chi connectivity index (χ1n) is 6.28. The fourth-order valence-corrected chi connectivity index (χ4v) is 2.60. The van der Waals surface area contributed by atoms with E-state index >= 15 is 0 Å². The number of carbonyl (C=O) groups excluding carboxylic acids is 1. The number of Topliss-reactive ketones (excluding diaryl/α,β-unsaturated/α-hetero) is 1.